The van der Waals surface area contributed by atoms with Gasteiger partial charge in [-0.25, -0.2) is 0 Å². The maximum atomic E-state index is 11.9. The van der Waals surface area contributed by atoms with E-state index in [-0.39, 0.29) is 25.1 Å². The average Bonchev–Trinajstić information content (AvgIpc) is 2.40. The fraction of sp³-hybridized carbons (Fsp3) is 0.533. The summed E-state index contributed by atoms with van der Waals surface area (Å²) in [4.78, 5) is 13.8. The van der Waals surface area contributed by atoms with Crippen LogP contribution in [0.4, 0.5) is 0 Å². The smallest absolute Gasteiger partial charge is 0.234 e. The molecule has 0 saturated carbocycles. The number of carbonyl (C=O) groups is 1. The lowest BCUT2D eigenvalue weighted by Crippen LogP contribution is -2.43. The fourth-order valence-electron chi connectivity index (χ4n) is 2.01. The minimum atomic E-state index is -0.0565. The summed E-state index contributed by atoms with van der Waals surface area (Å²) < 4.78 is 4.98. The summed E-state index contributed by atoms with van der Waals surface area (Å²) in [5.41, 5.74) is 1.12. The van der Waals surface area contributed by atoms with Crippen molar-refractivity contribution in [3.05, 3.63) is 35.9 Å². The van der Waals surface area contributed by atoms with Crippen LogP contribution < -0.4 is 5.32 Å². The molecular formula is C15H24N2O3. The van der Waals surface area contributed by atoms with E-state index in [0.717, 1.165) is 5.56 Å². The van der Waals surface area contributed by atoms with E-state index in [9.17, 15) is 4.79 Å². The first-order chi connectivity index (χ1) is 9.65. The molecule has 0 spiro atoms. The summed E-state index contributed by atoms with van der Waals surface area (Å²) in [7, 11) is 1.61. The van der Waals surface area contributed by atoms with Crippen molar-refractivity contribution in [2.24, 2.45) is 0 Å². The lowest BCUT2D eigenvalue weighted by Gasteiger charge is -2.22. The van der Waals surface area contributed by atoms with E-state index < -0.39 is 0 Å². The zero-order valence-electron chi connectivity index (χ0n) is 12.2. The Bertz CT molecular complexity index is 384. The number of benzene rings is 1. The van der Waals surface area contributed by atoms with Gasteiger partial charge >= 0.3 is 0 Å². The van der Waals surface area contributed by atoms with Crippen LogP contribution in [0.3, 0.4) is 0 Å². The first-order valence-corrected chi connectivity index (χ1v) is 6.81. The van der Waals surface area contributed by atoms with E-state index in [2.05, 4.69) is 5.32 Å². The number of aliphatic hydroxyl groups is 1. The van der Waals surface area contributed by atoms with Gasteiger partial charge in [-0.3, -0.25) is 9.69 Å². The zero-order valence-corrected chi connectivity index (χ0v) is 12.2. The number of nitrogens with zero attached hydrogens (tertiary/aromatic N) is 1. The Morgan fingerprint density at radius 3 is 2.70 bits per heavy atom. The number of carbonyl (C=O) groups excluding carboxylic acids is 1. The molecule has 5 nitrogen and oxygen atoms in total. The predicted octanol–water partition coefficient (Wildman–Crippen LogP) is 0.632. The lowest BCUT2D eigenvalue weighted by atomic mass is 10.2. The summed E-state index contributed by atoms with van der Waals surface area (Å²) in [6.07, 6.45) is 0. The van der Waals surface area contributed by atoms with Gasteiger partial charge in [-0.05, 0) is 12.5 Å². The Morgan fingerprint density at radius 1 is 1.40 bits per heavy atom. The topological polar surface area (TPSA) is 61.8 Å². The first-order valence-electron chi connectivity index (χ1n) is 6.81. The normalized spacial score (nSPS) is 12.4. The van der Waals surface area contributed by atoms with Crippen LogP contribution in [0, 0.1) is 0 Å². The molecule has 1 amide bonds. The van der Waals surface area contributed by atoms with Crippen LogP contribution in [-0.4, -0.2) is 55.4 Å². The Balaban J connectivity index is 2.47. The monoisotopic (exact) mass is 280 g/mol. The standard InChI is InChI=1S/C15H24N2O3/c1-13(12-20-2)16-15(19)11-17(8-9-18)10-14-6-4-3-5-7-14/h3-7,13,18H,8-12H2,1-2H3,(H,16,19). The number of amides is 1. The fourth-order valence-corrected chi connectivity index (χ4v) is 2.01. The molecule has 1 rings (SSSR count). The van der Waals surface area contributed by atoms with Gasteiger partial charge in [-0.2, -0.15) is 0 Å². The van der Waals surface area contributed by atoms with Crippen LogP contribution in [0.25, 0.3) is 0 Å². The summed E-state index contributed by atoms with van der Waals surface area (Å²) in [5.74, 6) is -0.0565. The third kappa shape index (κ3) is 6.65. The predicted molar refractivity (Wildman–Crippen MR) is 78.3 cm³/mol. The SMILES string of the molecule is COCC(C)NC(=O)CN(CCO)Cc1ccccc1. The van der Waals surface area contributed by atoms with Gasteiger partial charge in [-0.1, -0.05) is 30.3 Å². The van der Waals surface area contributed by atoms with Crippen LogP contribution in [0.5, 0.6) is 0 Å². The summed E-state index contributed by atoms with van der Waals surface area (Å²) >= 11 is 0. The van der Waals surface area contributed by atoms with Crippen molar-refractivity contribution in [3.8, 4) is 0 Å². The number of aliphatic hydroxyl groups excluding tert-OH is 1. The van der Waals surface area contributed by atoms with Crippen molar-refractivity contribution < 1.29 is 14.6 Å². The summed E-state index contributed by atoms with van der Waals surface area (Å²) in [6, 6.07) is 9.89. The molecule has 0 radical (unpaired) electrons. The van der Waals surface area contributed by atoms with Crippen molar-refractivity contribution in [2.45, 2.75) is 19.5 Å². The van der Waals surface area contributed by atoms with Gasteiger partial charge in [-0.15, -0.1) is 0 Å². The quantitative estimate of drug-likeness (QED) is 0.696. The molecule has 0 aliphatic carbocycles. The molecule has 0 fully saturated rings. The van der Waals surface area contributed by atoms with Gasteiger partial charge < -0.3 is 15.2 Å². The number of ether oxygens (including phenoxy) is 1. The minimum absolute atomic E-state index is 0.0137. The third-order valence-corrected chi connectivity index (χ3v) is 2.86. The second-order valence-corrected chi connectivity index (χ2v) is 4.84. The minimum Gasteiger partial charge on any atom is -0.395 e. The Labute approximate surface area is 120 Å². The van der Waals surface area contributed by atoms with E-state index in [4.69, 9.17) is 9.84 Å². The van der Waals surface area contributed by atoms with Gasteiger partial charge in [0.05, 0.1) is 19.8 Å². The number of hydrogen-bond acceptors (Lipinski definition) is 4. The number of methoxy groups -OCH3 is 1. The highest BCUT2D eigenvalue weighted by molar-refractivity contribution is 5.78. The van der Waals surface area contributed by atoms with Crippen molar-refractivity contribution in [3.63, 3.8) is 0 Å². The van der Waals surface area contributed by atoms with Crippen LogP contribution in [0.2, 0.25) is 0 Å². The Morgan fingerprint density at radius 2 is 2.10 bits per heavy atom. The number of nitrogens with one attached hydrogen (secondary N) is 1. The van der Waals surface area contributed by atoms with Crippen molar-refractivity contribution >= 4 is 5.91 Å². The molecule has 2 N–H and O–H groups in total. The highest BCUT2D eigenvalue weighted by atomic mass is 16.5. The van der Waals surface area contributed by atoms with Gasteiger partial charge in [0.2, 0.25) is 5.91 Å². The molecule has 112 valence electrons. The van der Waals surface area contributed by atoms with Crippen molar-refractivity contribution in [1.29, 1.82) is 0 Å². The van der Waals surface area contributed by atoms with Crippen LogP contribution >= 0.6 is 0 Å². The van der Waals surface area contributed by atoms with Crippen LogP contribution in [0.1, 0.15) is 12.5 Å². The summed E-state index contributed by atoms with van der Waals surface area (Å²) in [5, 5.41) is 12.0. The molecule has 0 aliphatic rings. The summed E-state index contributed by atoms with van der Waals surface area (Å²) in [6.45, 7) is 3.81. The molecular weight excluding hydrogens is 256 g/mol. The van der Waals surface area contributed by atoms with E-state index in [1.165, 1.54) is 0 Å². The first kappa shape index (κ1) is 16.6. The van der Waals surface area contributed by atoms with Gasteiger partial charge in [0.15, 0.2) is 0 Å². The maximum absolute atomic E-state index is 11.9. The highest BCUT2D eigenvalue weighted by Crippen LogP contribution is 2.03. The van der Waals surface area contributed by atoms with Crippen LogP contribution in [0.15, 0.2) is 30.3 Å². The molecule has 5 heteroatoms. The Hall–Kier alpha value is -1.43. The van der Waals surface area contributed by atoms with E-state index in [1.807, 2.05) is 42.2 Å². The molecule has 1 aromatic carbocycles. The molecule has 0 aliphatic heterocycles. The van der Waals surface area contributed by atoms with Gasteiger partial charge in [0, 0.05) is 26.2 Å². The van der Waals surface area contributed by atoms with Crippen molar-refractivity contribution in [2.75, 3.05) is 33.4 Å². The third-order valence-electron chi connectivity index (χ3n) is 2.86. The Kier molecular flexibility index (Phi) is 7.87. The largest absolute Gasteiger partial charge is 0.395 e. The maximum Gasteiger partial charge on any atom is 0.234 e. The second kappa shape index (κ2) is 9.47. The lowest BCUT2D eigenvalue weighted by molar-refractivity contribution is -0.123. The highest BCUT2D eigenvalue weighted by Gasteiger charge is 2.12. The van der Waals surface area contributed by atoms with E-state index in [0.29, 0.717) is 19.7 Å². The van der Waals surface area contributed by atoms with Gasteiger partial charge in [0.1, 0.15) is 0 Å². The van der Waals surface area contributed by atoms with E-state index >= 15 is 0 Å². The molecule has 0 bridgehead atoms. The molecule has 0 saturated heterocycles. The molecule has 0 heterocycles. The van der Waals surface area contributed by atoms with Crippen molar-refractivity contribution in [1.82, 2.24) is 10.2 Å². The second-order valence-electron chi connectivity index (χ2n) is 4.84. The molecule has 0 aromatic heterocycles. The average molecular weight is 280 g/mol. The number of rotatable bonds is 9. The van der Waals surface area contributed by atoms with Gasteiger partial charge in [0.25, 0.3) is 0 Å². The van der Waals surface area contributed by atoms with E-state index in [1.54, 1.807) is 7.11 Å². The van der Waals surface area contributed by atoms with Crippen LogP contribution in [-0.2, 0) is 16.1 Å². The number of hydrogen-bond donors (Lipinski definition) is 2. The molecule has 1 atom stereocenters. The molecule has 1 aromatic rings. The molecule has 20 heavy (non-hydrogen) atoms. The zero-order chi connectivity index (χ0) is 14.8. The molecule has 1 unspecified atom stereocenters.